The van der Waals surface area contributed by atoms with Gasteiger partial charge in [-0.2, -0.15) is 0 Å². The van der Waals surface area contributed by atoms with E-state index in [9.17, 15) is 14.3 Å². The molecular formula is C15H19FN2O2S. The van der Waals surface area contributed by atoms with E-state index in [0.717, 1.165) is 35.5 Å². The van der Waals surface area contributed by atoms with Gasteiger partial charge in [0.15, 0.2) is 0 Å². The number of benzene rings is 1. The molecule has 6 heteroatoms. The number of aliphatic hydroxyl groups excluding tert-OH is 1. The molecule has 1 aromatic carbocycles. The Morgan fingerprint density at radius 1 is 1.48 bits per heavy atom. The van der Waals surface area contributed by atoms with Gasteiger partial charge in [0.2, 0.25) is 0 Å². The Labute approximate surface area is 127 Å². The van der Waals surface area contributed by atoms with Crippen molar-refractivity contribution in [3.05, 3.63) is 29.6 Å². The summed E-state index contributed by atoms with van der Waals surface area (Å²) in [5.41, 5.74) is 0.744. The van der Waals surface area contributed by atoms with E-state index in [0.29, 0.717) is 6.54 Å². The first-order chi connectivity index (χ1) is 10.1. The lowest BCUT2D eigenvalue weighted by atomic mass is 10.0. The van der Waals surface area contributed by atoms with Crippen LogP contribution in [0.3, 0.4) is 0 Å². The van der Waals surface area contributed by atoms with Crippen LogP contribution in [-0.2, 0) is 0 Å². The fourth-order valence-electron chi connectivity index (χ4n) is 2.56. The van der Waals surface area contributed by atoms with Crippen molar-refractivity contribution < 1.29 is 14.3 Å². The number of aliphatic hydroxyl groups is 1. The smallest absolute Gasteiger partial charge is 0.315 e. The van der Waals surface area contributed by atoms with E-state index in [-0.39, 0.29) is 29.9 Å². The summed E-state index contributed by atoms with van der Waals surface area (Å²) in [6, 6.07) is 4.32. The summed E-state index contributed by atoms with van der Waals surface area (Å²) in [6.07, 6.45) is 2.70. The Balaban J connectivity index is 1.61. The quantitative estimate of drug-likeness (QED) is 0.800. The summed E-state index contributed by atoms with van der Waals surface area (Å²) in [5.74, 6) is 0.630. The van der Waals surface area contributed by atoms with Gasteiger partial charge in [0.25, 0.3) is 0 Å². The van der Waals surface area contributed by atoms with E-state index in [1.54, 1.807) is 17.8 Å². The van der Waals surface area contributed by atoms with Crippen molar-refractivity contribution in [3.8, 4) is 0 Å². The van der Waals surface area contributed by atoms with Crippen molar-refractivity contribution in [3.63, 3.8) is 0 Å². The van der Waals surface area contributed by atoms with Gasteiger partial charge in [-0.25, -0.2) is 9.18 Å². The van der Waals surface area contributed by atoms with Crippen LogP contribution in [0.2, 0.25) is 0 Å². The summed E-state index contributed by atoms with van der Waals surface area (Å²) < 4.78 is 13.4. The molecule has 3 N–H and O–H groups in total. The van der Waals surface area contributed by atoms with Crippen molar-refractivity contribution in [2.45, 2.75) is 30.2 Å². The molecule has 1 saturated carbocycles. The maximum absolute atomic E-state index is 13.4. The fourth-order valence-corrected chi connectivity index (χ4v) is 3.67. The van der Waals surface area contributed by atoms with Crippen LogP contribution < -0.4 is 10.6 Å². The van der Waals surface area contributed by atoms with E-state index < -0.39 is 0 Å². The van der Waals surface area contributed by atoms with Crippen molar-refractivity contribution in [2.75, 3.05) is 18.9 Å². The number of nitrogens with one attached hydrogen (secondary N) is 2. The average Bonchev–Trinajstić information content (AvgIpc) is 3.26. The zero-order chi connectivity index (χ0) is 14.9. The van der Waals surface area contributed by atoms with Crippen LogP contribution in [0.4, 0.5) is 9.18 Å². The minimum absolute atomic E-state index is 0.107. The predicted molar refractivity (Wildman–Crippen MR) is 79.8 cm³/mol. The number of hydrogen-bond acceptors (Lipinski definition) is 3. The Hall–Kier alpha value is -1.27. The Morgan fingerprint density at radius 3 is 3.00 bits per heavy atom. The Morgan fingerprint density at radius 2 is 2.29 bits per heavy atom. The van der Waals surface area contributed by atoms with Crippen molar-refractivity contribution >= 4 is 17.8 Å². The fraction of sp³-hybridized carbons (Fsp3) is 0.533. The number of carbonyl (C=O) groups excluding carboxylic acids is 1. The maximum atomic E-state index is 13.4. The number of halogens is 1. The molecule has 0 radical (unpaired) electrons. The number of rotatable bonds is 4. The minimum Gasteiger partial charge on any atom is -0.396 e. The first-order valence-corrected chi connectivity index (χ1v) is 8.18. The summed E-state index contributed by atoms with van der Waals surface area (Å²) in [6.45, 7) is 0.605. The molecule has 3 rings (SSSR count). The molecule has 0 saturated heterocycles. The van der Waals surface area contributed by atoms with Gasteiger partial charge in [-0.1, -0.05) is 0 Å². The van der Waals surface area contributed by atoms with E-state index in [4.69, 9.17) is 0 Å². The molecule has 0 aromatic heterocycles. The number of urea groups is 1. The van der Waals surface area contributed by atoms with Crippen LogP contribution in [0.5, 0.6) is 0 Å². The predicted octanol–water partition coefficient (Wildman–Crippen LogP) is 2.43. The third-order valence-electron chi connectivity index (χ3n) is 4.23. The number of thioether (sulfide) groups is 1. The van der Waals surface area contributed by atoms with Gasteiger partial charge in [-0.15, -0.1) is 11.8 Å². The number of amides is 2. The molecule has 1 aliphatic heterocycles. The van der Waals surface area contributed by atoms with E-state index in [1.165, 1.54) is 12.1 Å². The number of carbonyl (C=O) groups is 1. The summed E-state index contributed by atoms with van der Waals surface area (Å²) in [5, 5.41) is 15.0. The molecule has 2 aliphatic rings. The minimum atomic E-state index is -0.277. The standard InChI is InChI=1S/C15H19FN2O2S/c16-10-1-2-13-11(7-10)12(3-6-21-13)18-14(20)17-8-15(9-19)4-5-15/h1-2,7,12,19H,3-6,8-9H2,(H2,17,18,20). The maximum Gasteiger partial charge on any atom is 0.315 e. The Bertz CT molecular complexity index is 548. The number of hydrogen-bond donors (Lipinski definition) is 3. The molecule has 1 atom stereocenters. The van der Waals surface area contributed by atoms with E-state index >= 15 is 0 Å². The van der Waals surface area contributed by atoms with Crippen LogP contribution in [0, 0.1) is 11.2 Å². The highest BCUT2D eigenvalue weighted by atomic mass is 32.2. The molecule has 21 heavy (non-hydrogen) atoms. The summed E-state index contributed by atoms with van der Waals surface area (Å²) in [7, 11) is 0. The van der Waals surface area contributed by atoms with Crippen molar-refractivity contribution in [2.24, 2.45) is 5.41 Å². The van der Waals surface area contributed by atoms with Crippen LogP contribution in [-0.4, -0.2) is 30.0 Å². The van der Waals surface area contributed by atoms with Crippen LogP contribution in [0.15, 0.2) is 23.1 Å². The molecule has 1 heterocycles. The molecule has 1 aromatic rings. The van der Waals surface area contributed by atoms with E-state index in [2.05, 4.69) is 10.6 Å². The van der Waals surface area contributed by atoms with Crippen molar-refractivity contribution in [1.82, 2.24) is 10.6 Å². The topological polar surface area (TPSA) is 61.4 Å². The van der Waals surface area contributed by atoms with Gasteiger partial charge in [0, 0.05) is 22.6 Å². The first kappa shape index (κ1) is 14.7. The number of fused-ring (bicyclic) bond motifs is 1. The highest BCUT2D eigenvalue weighted by Gasteiger charge is 2.42. The summed E-state index contributed by atoms with van der Waals surface area (Å²) >= 11 is 1.69. The lowest BCUT2D eigenvalue weighted by Crippen LogP contribution is -2.42. The third-order valence-corrected chi connectivity index (χ3v) is 5.36. The largest absolute Gasteiger partial charge is 0.396 e. The van der Waals surface area contributed by atoms with Gasteiger partial charge < -0.3 is 15.7 Å². The highest BCUT2D eigenvalue weighted by molar-refractivity contribution is 7.99. The lowest BCUT2D eigenvalue weighted by Gasteiger charge is -2.26. The molecule has 114 valence electrons. The molecule has 1 aliphatic carbocycles. The molecule has 1 unspecified atom stereocenters. The van der Waals surface area contributed by atoms with Crippen molar-refractivity contribution in [1.29, 1.82) is 0 Å². The normalized spacial score (nSPS) is 22.3. The van der Waals surface area contributed by atoms with Gasteiger partial charge in [0.05, 0.1) is 12.6 Å². The van der Waals surface area contributed by atoms with Gasteiger partial charge in [-0.3, -0.25) is 0 Å². The first-order valence-electron chi connectivity index (χ1n) is 7.19. The second kappa shape index (κ2) is 5.85. The zero-order valence-electron chi connectivity index (χ0n) is 11.7. The van der Waals surface area contributed by atoms with Crippen LogP contribution >= 0.6 is 11.8 Å². The monoisotopic (exact) mass is 310 g/mol. The molecular weight excluding hydrogens is 291 g/mol. The zero-order valence-corrected chi connectivity index (χ0v) is 12.5. The SMILES string of the molecule is O=C(NCC1(CO)CC1)NC1CCSc2ccc(F)cc21. The third kappa shape index (κ3) is 3.32. The van der Waals surface area contributed by atoms with Crippen LogP contribution in [0.25, 0.3) is 0 Å². The second-order valence-corrected chi connectivity index (χ2v) is 6.99. The summed E-state index contributed by atoms with van der Waals surface area (Å²) in [4.78, 5) is 13.0. The van der Waals surface area contributed by atoms with Gasteiger partial charge in [0.1, 0.15) is 5.82 Å². The van der Waals surface area contributed by atoms with Gasteiger partial charge >= 0.3 is 6.03 Å². The molecule has 0 spiro atoms. The second-order valence-electron chi connectivity index (χ2n) is 5.86. The molecule has 2 amide bonds. The highest BCUT2D eigenvalue weighted by Crippen LogP contribution is 2.44. The average molecular weight is 310 g/mol. The lowest BCUT2D eigenvalue weighted by molar-refractivity contribution is 0.202. The Kier molecular flexibility index (Phi) is 4.08. The van der Waals surface area contributed by atoms with Gasteiger partial charge in [-0.05, 0) is 43.0 Å². The van der Waals surface area contributed by atoms with Crippen LogP contribution in [0.1, 0.15) is 30.9 Å². The molecule has 0 bridgehead atoms. The van der Waals surface area contributed by atoms with E-state index in [1.807, 2.05) is 0 Å². The molecule has 1 fully saturated rings. The molecule has 4 nitrogen and oxygen atoms in total.